The van der Waals surface area contributed by atoms with Gasteiger partial charge in [0.15, 0.2) is 0 Å². The summed E-state index contributed by atoms with van der Waals surface area (Å²) in [5.41, 5.74) is 2.64. The number of carbonyl (C=O) groups excluding carboxylic acids is 1. The SMILES string of the molecule is Cl.Cl.O=C(NC1CCN(CCCc2ccccc2F)CC1)C1=Cc2cnc3cccc(n23)S1. The largest absolute Gasteiger partial charge is 0.349 e. The Kier molecular flexibility index (Phi) is 8.82. The molecule has 0 unspecified atom stereocenters. The lowest BCUT2D eigenvalue weighted by Gasteiger charge is -2.32. The Labute approximate surface area is 209 Å². The van der Waals surface area contributed by atoms with Crippen LogP contribution in [0.3, 0.4) is 0 Å². The highest BCUT2D eigenvalue weighted by Crippen LogP contribution is 2.34. The smallest absolute Gasteiger partial charge is 0.258 e. The van der Waals surface area contributed by atoms with Crippen LogP contribution >= 0.6 is 36.6 Å². The normalized spacial score (nSPS) is 16.0. The number of nitrogens with zero attached hydrogens (tertiary/aromatic N) is 3. The number of rotatable bonds is 6. The van der Waals surface area contributed by atoms with Gasteiger partial charge in [-0.1, -0.05) is 36.0 Å². The van der Waals surface area contributed by atoms with Gasteiger partial charge in [0.25, 0.3) is 5.91 Å². The maximum atomic E-state index is 13.7. The second kappa shape index (κ2) is 11.4. The molecule has 0 saturated carbocycles. The van der Waals surface area contributed by atoms with E-state index >= 15 is 0 Å². The number of piperidine rings is 1. The number of hydrogen-bond donors (Lipinski definition) is 1. The number of aromatic nitrogens is 2. The first-order valence-electron chi connectivity index (χ1n) is 10.8. The maximum Gasteiger partial charge on any atom is 0.258 e. The molecule has 0 spiro atoms. The van der Waals surface area contributed by atoms with Crippen molar-refractivity contribution in [3.05, 3.63) is 70.6 Å². The van der Waals surface area contributed by atoms with Gasteiger partial charge in [-0.2, -0.15) is 0 Å². The van der Waals surface area contributed by atoms with E-state index in [0.29, 0.717) is 4.91 Å². The summed E-state index contributed by atoms with van der Waals surface area (Å²) in [6.07, 6.45) is 7.32. The van der Waals surface area contributed by atoms with E-state index in [1.165, 1.54) is 17.8 Å². The number of hydrogen-bond acceptors (Lipinski definition) is 4. The van der Waals surface area contributed by atoms with Gasteiger partial charge in [0.05, 0.1) is 21.8 Å². The van der Waals surface area contributed by atoms with Crippen LogP contribution in [0.4, 0.5) is 4.39 Å². The van der Waals surface area contributed by atoms with Crippen molar-refractivity contribution >= 4 is 54.2 Å². The summed E-state index contributed by atoms with van der Waals surface area (Å²) in [4.78, 5) is 20.4. The Morgan fingerprint density at radius 2 is 1.91 bits per heavy atom. The molecule has 0 aliphatic carbocycles. The highest BCUT2D eigenvalue weighted by Gasteiger charge is 2.24. The van der Waals surface area contributed by atoms with Crippen LogP contribution in [-0.4, -0.2) is 45.9 Å². The Bertz CT molecular complexity index is 1140. The number of halogens is 3. The predicted molar refractivity (Wildman–Crippen MR) is 136 cm³/mol. The lowest BCUT2D eigenvalue weighted by molar-refractivity contribution is -0.117. The Hall–Kier alpha value is -2.06. The minimum absolute atomic E-state index is 0. The van der Waals surface area contributed by atoms with E-state index in [2.05, 4.69) is 19.6 Å². The van der Waals surface area contributed by atoms with Crippen LogP contribution in [0.15, 0.2) is 58.6 Å². The topological polar surface area (TPSA) is 49.6 Å². The van der Waals surface area contributed by atoms with Gasteiger partial charge in [0, 0.05) is 19.1 Å². The fourth-order valence-electron chi connectivity index (χ4n) is 4.35. The number of nitrogens with one attached hydrogen (secondary N) is 1. The Morgan fingerprint density at radius 1 is 1.12 bits per heavy atom. The third-order valence-electron chi connectivity index (χ3n) is 6.04. The highest BCUT2D eigenvalue weighted by molar-refractivity contribution is 8.04. The second-order valence-electron chi connectivity index (χ2n) is 8.14. The van der Waals surface area contributed by atoms with Gasteiger partial charge in [-0.15, -0.1) is 24.8 Å². The van der Waals surface area contributed by atoms with E-state index in [-0.39, 0.29) is 42.6 Å². The summed E-state index contributed by atoms with van der Waals surface area (Å²) < 4.78 is 15.8. The number of aryl methyl sites for hydroxylation is 1. The summed E-state index contributed by atoms with van der Waals surface area (Å²) in [5.74, 6) is -0.120. The van der Waals surface area contributed by atoms with Crippen molar-refractivity contribution in [2.45, 2.75) is 36.8 Å². The van der Waals surface area contributed by atoms with Crippen LogP contribution in [-0.2, 0) is 11.2 Å². The fraction of sp³-hybridized carbons (Fsp3) is 0.333. The number of carbonyl (C=O) groups is 1. The van der Waals surface area contributed by atoms with Gasteiger partial charge in [0.2, 0.25) is 0 Å². The maximum absolute atomic E-state index is 13.7. The number of pyridine rings is 1. The number of thioether (sulfide) groups is 1. The molecular weight excluding hydrogens is 482 g/mol. The van der Waals surface area contributed by atoms with Gasteiger partial charge in [-0.05, 0) is 62.1 Å². The Morgan fingerprint density at radius 3 is 2.70 bits per heavy atom. The van der Waals surface area contributed by atoms with Gasteiger partial charge in [0.1, 0.15) is 11.5 Å². The number of benzene rings is 1. The van der Waals surface area contributed by atoms with Crippen molar-refractivity contribution in [3.63, 3.8) is 0 Å². The van der Waals surface area contributed by atoms with Crippen LogP contribution in [0.2, 0.25) is 0 Å². The quantitative estimate of drug-likeness (QED) is 0.510. The molecule has 1 saturated heterocycles. The zero-order valence-electron chi connectivity index (χ0n) is 18.1. The zero-order valence-corrected chi connectivity index (χ0v) is 20.5. The molecule has 1 aromatic carbocycles. The minimum atomic E-state index is -0.113. The molecule has 2 aliphatic rings. The zero-order chi connectivity index (χ0) is 21.2. The molecule has 176 valence electrons. The molecule has 4 heterocycles. The van der Waals surface area contributed by atoms with E-state index in [1.807, 2.05) is 42.6 Å². The third kappa shape index (κ3) is 5.72. The molecule has 0 radical (unpaired) electrons. The average Bonchev–Trinajstić information content (AvgIpc) is 3.21. The first-order chi connectivity index (χ1) is 15.2. The molecule has 5 rings (SSSR count). The molecule has 33 heavy (non-hydrogen) atoms. The molecule has 2 aliphatic heterocycles. The summed E-state index contributed by atoms with van der Waals surface area (Å²) >= 11 is 1.49. The molecule has 1 fully saturated rings. The number of amides is 1. The van der Waals surface area contributed by atoms with Crippen molar-refractivity contribution in [1.82, 2.24) is 19.6 Å². The van der Waals surface area contributed by atoms with Crippen molar-refractivity contribution in [2.75, 3.05) is 19.6 Å². The van der Waals surface area contributed by atoms with E-state index in [0.717, 1.165) is 67.2 Å². The highest BCUT2D eigenvalue weighted by atomic mass is 35.5. The van der Waals surface area contributed by atoms with E-state index in [4.69, 9.17) is 0 Å². The monoisotopic (exact) mass is 508 g/mol. The van der Waals surface area contributed by atoms with Crippen LogP contribution in [0.1, 0.15) is 30.5 Å². The molecular formula is C24H27Cl2FN4OS. The molecule has 5 nitrogen and oxygen atoms in total. The first-order valence-corrected chi connectivity index (χ1v) is 11.6. The fourth-order valence-corrected chi connectivity index (χ4v) is 5.34. The van der Waals surface area contributed by atoms with Crippen LogP contribution in [0.25, 0.3) is 11.7 Å². The van der Waals surface area contributed by atoms with Crippen molar-refractivity contribution in [3.8, 4) is 0 Å². The van der Waals surface area contributed by atoms with E-state index < -0.39 is 0 Å². The Balaban J connectivity index is 0.00000153. The molecule has 1 N–H and O–H groups in total. The molecule has 9 heteroatoms. The van der Waals surface area contributed by atoms with Crippen LogP contribution in [0, 0.1) is 5.82 Å². The van der Waals surface area contributed by atoms with Gasteiger partial charge in [-0.3, -0.25) is 9.20 Å². The summed E-state index contributed by atoms with van der Waals surface area (Å²) in [6.45, 7) is 2.88. The first kappa shape index (κ1) is 25.6. The van der Waals surface area contributed by atoms with E-state index in [1.54, 1.807) is 6.07 Å². The third-order valence-corrected chi connectivity index (χ3v) is 7.09. The van der Waals surface area contributed by atoms with Crippen molar-refractivity contribution < 1.29 is 9.18 Å². The molecule has 2 aromatic heterocycles. The lowest BCUT2D eigenvalue weighted by Crippen LogP contribution is -2.45. The second-order valence-corrected chi connectivity index (χ2v) is 9.20. The van der Waals surface area contributed by atoms with Gasteiger partial charge in [-0.25, -0.2) is 9.37 Å². The van der Waals surface area contributed by atoms with Gasteiger partial charge < -0.3 is 10.2 Å². The summed E-state index contributed by atoms with van der Waals surface area (Å²) in [6, 6.07) is 13.2. The molecule has 1 amide bonds. The summed E-state index contributed by atoms with van der Waals surface area (Å²) in [5, 5.41) is 4.24. The summed E-state index contributed by atoms with van der Waals surface area (Å²) in [7, 11) is 0. The molecule has 0 atom stereocenters. The lowest BCUT2D eigenvalue weighted by atomic mass is 10.0. The van der Waals surface area contributed by atoms with Gasteiger partial charge >= 0.3 is 0 Å². The van der Waals surface area contributed by atoms with Crippen LogP contribution < -0.4 is 5.32 Å². The number of likely N-dealkylation sites (tertiary alicyclic amines) is 1. The average molecular weight is 509 g/mol. The van der Waals surface area contributed by atoms with Crippen LogP contribution in [0.5, 0.6) is 0 Å². The number of imidazole rings is 1. The molecule has 0 bridgehead atoms. The van der Waals surface area contributed by atoms with Crippen molar-refractivity contribution in [2.24, 2.45) is 0 Å². The minimum Gasteiger partial charge on any atom is -0.349 e. The predicted octanol–water partition coefficient (Wildman–Crippen LogP) is 4.98. The molecule has 3 aromatic rings. The van der Waals surface area contributed by atoms with Crippen molar-refractivity contribution in [1.29, 1.82) is 0 Å². The standard InChI is InChI=1S/C24H25FN4OS.2ClH/c25-20-7-2-1-5-17(20)6-4-12-28-13-10-18(11-14-28)27-24(30)21-15-19-16-26-22-8-3-9-23(31-21)29(19)22;;/h1-3,5,7-9,15-16,18H,4,6,10-14H2,(H,27,30);2*1H. The van der Waals surface area contributed by atoms with E-state index in [9.17, 15) is 9.18 Å².